The molecule has 0 amide bonds. The lowest BCUT2D eigenvalue weighted by molar-refractivity contribution is 0.101. The van der Waals surface area contributed by atoms with Crippen molar-refractivity contribution in [2.24, 2.45) is 17.6 Å². The summed E-state index contributed by atoms with van der Waals surface area (Å²) in [5, 5.41) is 0. The number of rotatable bonds is 3. The topological polar surface area (TPSA) is 29.3 Å². The van der Waals surface area contributed by atoms with Crippen molar-refractivity contribution in [2.75, 3.05) is 13.1 Å². The van der Waals surface area contributed by atoms with Gasteiger partial charge in [-0.15, -0.1) is 0 Å². The van der Waals surface area contributed by atoms with Crippen molar-refractivity contribution in [3.63, 3.8) is 0 Å². The van der Waals surface area contributed by atoms with Gasteiger partial charge in [0, 0.05) is 18.6 Å². The van der Waals surface area contributed by atoms with Gasteiger partial charge in [0.15, 0.2) is 0 Å². The molecule has 1 fully saturated rings. The summed E-state index contributed by atoms with van der Waals surface area (Å²) in [7, 11) is 0. The van der Waals surface area contributed by atoms with Crippen LogP contribution >= 0.6 is 0 Å². The molecule has 0 radical (unpaired) electrons. The summed E-state index contributed by atoms with van der Waals surface area (Å²) in [6.45, 7) is 11.4. The number of hydrogen-bond acceptors (Lipinski definition) is 2. The molecule has 2 N–H and O–H groups in total. The van der Waals surface area contributed by atoms with Crippen LogP contribution < -0.4 is 5.73 Å². The van der Waals surface area contributed by atoms with E-state index in [1.807, 2.05) is 0 Å². The smallest absolute Gasteiger partial charge is 0.0191 e. The first-order chi connectivity index (χ1) is 6.52. The average Bonchev–Trinajstić information content (AvgIpc) is 2.12. The van der Waals surface area contributed by atoms with E-state index >= 15 is 0 Å². The maximum Gasteiger partial charge on any atom is 0.0191 e. The fraction of sp³-hybridized carbons (Fsp3) is 1.00. The highest BCUT2D eigenvalue weighted by Crippen LogP contribution is 2.23. The van der Waals surface area contributed by atoms with Crippen LogP contribution in [0.2, 0.25) is 0 Å². The first kappa shape index (κ1) is 12.0. The third-order valence-corrected chi connectivity index (χ3v) is 3.81. The van der Waals surface area contributed by atoms with Gasteiger partial charge in [-0.2, -0.15) is 0 Å². The molecular weight excluding hydrogens is 172 g/mol. The Balaban J connectivity index is 2.43. The average molecular weight is 198 g/mol. The van der Waals surface area contributed by atoms with E-state index < -0.39 is 0 Å². The molecule has 2 nitrogen and oxygen atoms in total. The van der Waals surface area contributed by atoms with Gasteiger partial charge in [-0.05, 0) is 38.1 Å². The number of nitrogens with two attached hydrogens (primary N) is 1. The van der Waals surface area contributed by atoms with Crippen LogP contribution in [0.1, 0.15) is 40.5 Å². The zero-order valence-corrected chi connectivity index (χ0v) is 10.2. The van der Waals surface area contributed by atoms with Crippen LogP contribution in [-0.2, 0) is 0 Å². The van der Waals surface area contributed by atoms with E-state index in [9.17, 15) is 0 Å². The van der Waals surface area contributed by atoms with Crippen LogP contribution in [-0.4, -0.2) is 30.1 Å². The quantitative estimate of drug-likeness (QED) is 0.752. The van der Waals surface area contributed by atoms with Crippen LogP contribution in [0.25, 0.3) is 0 Å². The monoisotopic (exact) mass is 198 g/mol. The van der Waals surface area contributed by atoms with E-state index in [1.165, 1.54) is 19.4 Å². The van der Waals surface area contributed by atoms with Gasteiger partial charge in [-0.25, -0.2) is 0 Å². The SMILES string of the molecule is CC1CCCN(C[C@@H](N)C(C)C)C1C. The third kappa shape index (κ3) is 2.96. The number of piperidine rings is 1. The van der Waals surface area contributed by atoms with Gasteiger partial charge in [0.25, 0.3) is 0 Å². The molecule has 14 heavy (non-hydrogen) atoms. The summed E-state index contributed by atoms with van der Waals surface area (Å²) >= 11 is 0. The molecule has 0 aromatic carbocycles. The van der Waals surface area contributed by atoms with Crippen LogP contribution in [0.15, 0.2) is 0 Å². The Hall–Kier alpha value is -0.0800. The van der Waals surface area contributed by atoms with Crippen molar-refractivity contribution in [2.45, 2.75) is 52.6 Å². The Morgan fingerprint density at radius 2 is 2.00 bits per heavy atom. The van der Waals surface area contributed by atoms with Gasteiger partial charge in [0.1, 0.15) is 0 Å². The minimum absolute atomic E-state index is 0.336. The molecule has 1 rings (SSSR count). The second-order valence-corrected chi connectivity index (χ2v) is 5.26. The summed E-state index contributed by atoms with van der Waals surface area (Å²) in [5.74, 6) is 1.43. The third-order valence-electron chi connectivity index (χ3n) is 3.81. The van der Waals surface area contributed by atoms with E-state index in [0.29, 0.717) is 18.0 Å². The molecule has 1 aliphatic heterocycles. The van der Waals surface area contributed by atoms with E-state index in [2.05, 4.69) is 32.6 Å². The largest absolute Gasteiger partial charge is 0.326 e. The lowest BCUT2D eigenvalue weighted by Crippen LogP contribution is -2.49. The summed E-state index contributed by atoms with van der Waals surface area (Å²) in [5.41, 5.74) is 6.11. The maximum atomic E-state index is 6.11. The maximum absolute atomic E-state index is 6.11. The van der Waals surface area contributed by atoms with E-state index in [0.717, 1.165) is 12.5 Å². The number of likely N-dealkylation sites (tertiary alicyclic amines) is 1. The van der Waals surface area contributed by atoms with Gasteiger partial charge in [0.05, 0.1) is 0 Å². The fourth-order valence-corrected chi connectivity index (χ4v) is 2.16. The van der Waals surface area contributed by atoms with Crippen molar-refractivity contribution < 1.29 is 0 Å². The summed E-state index contributed by atoms with van der Waals surface area (Å²) in [6, 6.07) is 1.05. The summed E-state index contributed by atoms with van der Waals surface area (Å²) in [4.78, 5) is 2.57. The van der Waals surface area contributed by atoms with Gasteiger partial charge in [-0.3, -0.25) is 4.90 Å². The Bertz CT molecular complexity index is 168. The van der Waals surface area contributed by atoms with Gasteiger partial charge < -0.3 is 5.73 Å². The Labute approximate surface area is 88.8 Å². The Morgan fingerprint density at radius 3 is 2.57 bits per heavy atom. The summed E-state index contributed by atoms with van der Waals surface area (Å²) < 4.78 is 0. The first-order valence-corrected chi connectivity index (χ1v) is 6.02. The fourth-order valence-electron chi connectivity index (χ4n) is 2.16. The van der Waals surface area contributed by atoms with Crippen LogP contribution in [0.3, 0.4) is 0 Å². The zero-order chi connectivity index (χ0) is 10.7. The van der Waals surface area contributed by atoms with Crippen LogP contribution in [0, 0.1) is 11.8 Å². The Kier molecular flexibility index (Phi) is 4.39. The molecule has 3 atom stereocenters. The minimum atomic E-state index is 0.336. The predicted molar refractivity (Wildman–Crippen MR) is 62.2 cm³/mol. The molecule has 2 unspecified atom stereocenters. The molecule has 0 aromatic heterocycles. The van der Waals surface area contributed by atoms with Gasteiger partial charge in [-0.1, -0.05) is 20.8 Å². The standard InChI is InChI=1S/C12H26N2/c1-9(2)12(13)8-14-7-5-6-10(3)11(14)4/h9-12H,5-8,13H2,1-4H3/t10?,11?,12-/m1/s1. The molecule has 0 aromatic rings. The molecule has 0 spiro atoms. The molecular formula is C12H26N2. The molecule has 0 bridgehead atoms. The van der Waals surface area contributed by atoms with E-state index in [1.54, 1.807) is 0 Å². The molecule has 1 aliphatic rings. The van der Waals surface area contributed by atoms with Crippen molar-refractivity contribution in [3.05, 3.63) is 0 Å². The molecule has 0 saturated carbocycles. The molecule has 1 saturated heterocycles. The van der Waals surface area contributed by atoms with Crippen molar-refractivity contribution in [3.8, 4) is 0 Å². The van der Waals surface area contributed by atoms with Crippen molar-refractivity contribution in [1.82, 2.24) is 4.90 Å². The zero-order valence-electron chi connectivity index (χ0n) is 10.2. The van der Waals surface area contributed by atoms with Crippen LogP contribution in [0.4, 0.5) is 0 Å². The predicted octanol–water partition coefficient (Wildman–Crippen LogP) is 2.09. The van der Waals surface area contributed by atoms with Crippen LogP contribution in [0.5, 0.6) is 0 Å². The van der Waals surface area contributed by atoms with Crippen molar-refractivity contribution >= 4 is 0 Å². The Morgan fingerprint density at radius 1 is 1.36 bits per heavy atom. The number of hydrogen-bond donors (Lipinski definition) is 1. The minimum Gasteiger partial charge on any atom is -0.326 e. The highest BCUT2D eigenvalue weighted by molar-refractivity contribution is 4.81. The molecule has 1 heterocycles. The first-order valence-electron chi connectivity index (χ1n) is 6.02. The van der Waals surface area contributed by atoms with Gasteiger partial charge in [0.2, 0.25) is 0 Å². The molecule has 2 heteroatoms. The number of nitrogens with zero attached hydrogens (tertiary/aromatic N) is 1. The lowest BCUT2D eigenvalue weighted by atomic mass is 9.91. The molecule has 84 valence electrons. The highest BCUT2D eigenvalue weighted by atomic mass is 15.2. The lowest BCUT2D eigenvalue weighted by Gasteiger charge is -2.39. The normalized spacial score (nSPS) is 32.1. The second kappa shape index (κ2) is 5.13. The van der Waals surface area contributed by atoms with Crippen molar-refractivity contribution in [1.29, 1.82) is 0 Å². The molecule has 0 aliphatic carbocycles. The van der Waals surface area contributed by atoms with Gasteiger partial charge >= 0.3 is 0 Å². The highest BCUT2D eigenvalue weighted by Gasteiger charge is 2.26. The van der Waals surface area contributed by atoms with E-state index in [4.69, 9.17) is 5.73 Å². The second-order valence-electron chi connectivity index (χ2n) is 5.26. The van der Waals surface area contributed by atoms with E-state index in [-0.39, 0.29) is 0 Å². The summed E-state index contributed by atoms with van der Waals surface area (Å²) in [6.07, 6.45) is 2.73.